The second-order valence-electron chi connectivity index (χ2n) is 4.27. The van der Waals surface area contributed by atoms with E-state index in [2.05, 4.69) is 11.8 Å². The van der Waals surface area contributed by atoms with Crippen molar-refractivity contribution in [1.29, 1.82) is 0 Å². The fraction of sp³-hybridized carbons (Fsp3) is 1.00. The van der Waals surface area contributed by atoms with Crippen LogP contribution >= 0.6 is 0 Å². The van der Waals surface area contributed by atoms with E-state index in [1.54, 1.807) is 0 Å². The molecule has 0 aromatic carbocycles. The summed E-state index contributed by atoms with van der Waals surface area (Å²) >= 11 is 0. The molecular formula is C8H16N2. The number of hydrogen-bond acceptors (Lipinski definition) is 2. The monoisotopic (exact) mass is 140 g/mol. The fourth-order valence-electron chi connectivity index (χ4n) is 1.77. The van der Waals surface area contributed by atoms with E-state index in [0.717, 1.165) is 19.0 Å². The number of hydrogen-bond donors (Lipinski definition) is 1. The zero-order valence-electron chi connectivity index (χ0n) is 6.64. The van der Waals surface area contributed by atoms with Crippen molar-refractivity contribution in [2.24, 2.45) is 11.7 Å². The van der Waals surface area contributed by atoms with Crippen LogP contribution in [0.5, 0.6) is 0 Å². The van der Waals surface area contributed by atoms with Crippen LogP contribution in [0.4, 0.5) is 0 Å². The van der Waals surface area contributed by atoms with Gasteiger partial charge in [-0.2, -0.15) is 0 Å². The summed E-state index contributed by atoms with van der Waals surface area (Å²) < 4.78 is 0. The van der Waals surface area contributed by atoms with E-state index in [-0.39, 0.29) is 5.54 Å². The smallest absolute Gasteiger partial charge is 0.0383 e. The standard InChI is InChI=1S/C8H16N2/c1-8(9)5-10(6-8)4-7-2-3-7/h7H,2-6,9H2,1H3. The molecule has 10 heavy (non-hydrogen) atoms. The van der Waals surface area contributed by atoms with Gasteiger partial charge in [0, 0.05) is 25.2 Å². The number of nitrogens with zero attached hydrogens (tertiary/aromatic N) is 1. The van der Waals surface area contributed by atoms with Gasteiger partial charge in [-0.05, 0) is 25.7 Å². The summed E-state index contributed by atoms with van der Waals surface area (Å²) in [6, 6.07) is 0. The molecule has 0 aromatic rings. The minimum atomic E-state index is 0.134. The van der Waals surface area contributed by atoms with E-state index in [1.807, 2.05) is 0 Å². The first kappa shape index (κ1) is 6.62. The Morgan fingerprint density at radius 3 is 2.50 bits per heavy atom. The van der Waals surface area contributed by atoms with Crippen molar-refractivity contribution < 1.29 is 0 Å². The maximum Gasteiger partial charge on any atom is 0.0383 e. The molecule has 0 spiro atoms. The lowest BCUT2D eigenvalue weighted by molar-refractivity contribution is 0.0792. The van der Waals surface area contributed by atoms with Gasteiger partial charge in [0.2, 0.25) is 0 Å². The Morgan fingerprint density at radius 1 is 1.50 bits per heavy atom. The summed E-state index contributed by atoms with van der Waals surface area (Å²) in [6.45, 7) is 5.68. The number of nitrogens with two attached hydrogens (primary N) is 1. The molecule has 2 aliphatic rings. The molecular weight excluding hydrogens is 124 g/mol. The molecule has 0 atom stereocenters. The van der Waals surface area contributed by atoms with Crippen LogP contribution in [0.15, 0.2) is 0 Å². The summed E-state index contributed by atoms with van der Waals surface area (Å²) in [5, 5.41) is 0. The van der Waals surface area contributed by atoms with Gasteiger partial charge >= 0.3 is 0 Å². The summed E-state index contributed by atoms with van der Waals surface area (Å²) in [6.07, 6.45) is 2.91. The third kappa shape index (κ3) is 1.32. The van der Waals surface area contributed by atoms with E-state index < -0.39 is 0 Å². The number of rotatable bonds is 2. The molecule has 0 aromatic heterocycles. The van der Waals surface area contributed by atoms with Crippen LogP contribution in [-0.2, 0) is 0 Å². The van der Waals surface area contributed by atoms with E-state index in [9.17, 15) is 0 Å². The molecule has 0 bridgehead atoms. The molecule has 2 heteroatoms. The van der Waals surface area contributed by atoms with Crippen LogP contribution in [-0.4, -0.2) is 30.1 Å². The highest BCUT2D eigenvalue weighted by Crippen LogP contribution is 2.32. The minimum absolute atomic E-state index is 0.134. The third-order valence-electron chi connectivity index (χ3n) is 2.38. The summed E-state index contributed by atoms with van der Waals surface area (Å²) in [4.78, 5) is 2.47. The van der Waals surface area contributed by atoms with E-state index in [4.69, 9.17) is 5.73 Å². The van der Waals surface area contributed by atoms with Gasteiger partial charge in [0.15, 0.2) is 0 Å². The quantitative estimate of drug-likeness (QED) is 0.602. The SMILES string of the molecule is CC1(N)CN(CC2CC2)C1. The molecule has 1 saturated heterocycles. The van der Waals surface area contributed by atoms with E-state index in [1.165, 1.54) is 19.4 Å². The highest BCUT2D eigenvalue weighted by Gasteiger charge is 2.37. The molecule has 1 aliphatic carbocycles. The zero-order valence-corrected chi connectivity index (χ0v) is 6.64. The van der Waals surface area contributed by atoms with Crippen LogP contribution < -0.4 is 5.73 Å². The van der Waals surface area contributed by atoms with Crippen LogP contribution in [0.25, 0.3) is 0 Å². The van der Waals surface area contributed by atoms with E-state index in [0.29, 0.717) is 0 Å². The Labute approximate surface area is 62.4 Å². The zero-order chi connectivity index (χ0) is 7.19. The van der Waals surface area contributed by atoms with Gasteiger partial charge in [-0.1, -0.05) is 0 Å². The van der Waals surface area contributed by atoms with Gasteiger partial charge in [0.25, 0.3) is 0 Å². The van der Waals surface area contributed by atoms with Crippen molar-refractivity contribution in [3.8, 4) is 0 Å². The van der Waals surface area contributed by atoms with Gasteiger partial charge in [0.05, 0.1) is 0 Å². The summed E-state index contributed by atoms with van der Waals surface area (Å²) in [7, 11) is 0. The molecule has 2 rings (SSSR count). The first-order valence-electron chi connectivity index (χ1n) is 4.17. The summed E-state index contributed by atoms with van der Waals surface area (Å²) in [5.41, 5.74) is 6.00. The predicted molar refractivity (Wildman–Crippen MR) is 41.8 cm³/mol. The Morgan fingerprint density at radius 2 is 2.10 bits per heavy atom. The minimum Gasteiger partial charge on any atom is -0.323 e. The molecule has 2 fully saturated rings. The van der Waals surface area contributed by atoms with Crippen molar-refractivity contribution in [3.63, 3.8) is 0 Å². The van der Waals surface area contributed by atoms with Crippen molar-refractivity contribution in [2.75, 3.05) is 19.6 Å². The topological polar surface area (TPSA) is 29.3 Å². The van der Waals surface area contributed by atoms with Crippen LogP contribution in [0, 0.1) is 5.92 Å². The van der Waals surface area contributed by atoms with E-state index >= 15 is 0 Å². The molecule has 1 saturated carbocycles. The van der Waals surface area contributed by atoms with Crippen LogP contribution in [0.3, 0.4) is 0 Å². The molecule has 1 heterocycles. The Hall–Kier alpha value is -0.0800. The van der Waals surface area contributed by atoms with Gasteiger partial charge in [-0.3, -0.25) is 4.90 Å². The van der Waals surface area contributed by atoms with Gasteiger partial charge in [0.1, 0.15) is 0 Å². The van der Waals surface area contributed by atoms with Crippen molar-refractivity contribution >= 4 is 0 Å². The highest BCUT2D eigenvalue weighted by molar-refractivity contribution is 4.97. The Kier molecular flexibility index (Phi) is 1.29. The van der Waals surface area contributed by atoms with Gasteiger partial charge < -0.3 is 5.73 Å². The normalized spacial score (nSPS) is 31.8. The van der Waals surface area contributed by atoms with Crippen LogP contribution in [0.1, 0.15) is 19.8 Å². The van der Waals surface area contributed by atoms with Crippen molar-refractivity contribution in [3.05, 3.63) is 0 Å². The van der Waals surface area contributed by atoms with Crippen molar-refractivity contribution in [1.82, 2.24) is 4.90 Å². The lowest BCUT2D eigenvalue weighted by Crippen LogP contribution is -2.65. The fourth-order valence-corrected chi connectivity index (χ4v) is 1.77. The molecule has 2 nitrogen and oxygen atoms in total. The maximum absolute atomic E-state index is 5.87. The second-order valence-corrected chi connectivity index (χ2v) is 4.27. The molecule has 2 N–H and O–H groups in total. The lowest BCUT2D eigenvalue weighted by atomic mass is 9.93. The predicted octanol–water partition coefficient (Wildman–Crippen LogP) is 0.429. The average molecular weight is 140 g/mol. The Bertz CT molecular complexity index is 127. The molecule has 0 radical (unpaired) electrons. The Balaban J connectivity index is 1.69. The first-order valence-corrected chi connectivity index (χ1v) is 4.17. The average Bonchev–Trinajstić information content (AvgIpc) is 2.44. The first-order chi connectivity index (χ1) is 4.66. The van der Waals surface area contributed by atoms with Crippen LogP contribution in [0.2, 0.25) is 0 Å². The molecule has 0 amide bonds. The van der Waals surface area contributed by atoms with Crippen molar-refractivity contribution in [2.45, 2.75) is 25.3 Å². The molecule has 58 valence electrons. The second kappa shape index (κ2) is 1.95. The largest absolute Gasteiger partial charge is 0.323 e. The highest BCUT2D eigenvalue weighted by atomic mass is 15.2. The van der Waals surface area contributed by atoms with Gasteiger partial charge in [-0.15, -0.1) is 0 Å². The maximum atomic E-state index is 5.87. The van der Waals surface area contributed by atoms with Gasteiger partial charge in [-0.25, -0.2) is 0 Å². The lowest BCUT2D eigenvalue weighted by Gasteiger charge is -2.45. The molecule has 1 aliphatic heterocycles. The number of likely N-dealkylation sites (tertiary alicyclic amines) is 1. The molecule has 0 unspecified atom stereocenters. The third-order valence-corrected chi connectivity index (χ3v) is 2.38. The summed E-state index contributed by atoms with van der Waals surface area (Å²) in [5.74, 6) is 1.02.